The lowest BCUT2D eigenvalue weighted by Crippen LogP contribution is -2.41. The van der Waals surface area contributed by atoms with Gasteiger partial charge in [-0.3, -0.25) is 4.79 Å². The molecule has 0 amide bonds. The van der Waals surface area contributed by atoms with E-state index in [-0.39, 0.29) is 0 Å². The third kappa shape index (κ3) is 2.50. The summed E-state index contributed by atoms with van der Waals surface area (Å²) in [6.45, 7) is 5.10. The van der Waals surface area contributed by atoms with E-state index in [2.05, 4.69) is 55.9 Å². The summed E-state index contributed by atoms with van der Waals surface area (Å²) in [5.41, 5.74) is 3.75. The van der Waals surface area contributed by atoms with Gasteiger partial charge >= 0.3 is 0 Å². The molecule has 0 aromatic heterocycles. The highest BCUT2D eigenvalue weighted by Gasteiger charge is 2.23. The standard InChI is InChI=1S/C15H22N2O/c1-11-5-6-13(10-15(11)16(3)4)17-8-7-14(18)9-12(17)2/h5-6,10,12H,7-9H2,1-4H3. The summed E-state index contributed by atoms with van der Waals surface area (Å²) >= 11 is 0. The average Bonchev–Trinajstić information content (AvgIpc) is 2.30. The van der Waals surface area contributed by atoms with E-state index in [0.717, 1.165) is 6.54 Å². The van der Waals surface area contributed by atoms with Crippen molar-refractivity contribution >= 4 is 17.2 Å². The quantitative estimate of drug-likeness (QED) is 0.801. The number of hydrogen-bond acceptors (Lipinski definition) is 3. The number of aryl methyl sites for hydroxylation is 1. The molecule has 3 nitrogen and oxygen atoms in total. The summed E-state index contributed by atoms with van der Waals surface area (Å²) < 4.78 is 0. The normalized spacial score (nSPS) is 20.1. The van der Waals surface area contributed by atoms with Crippen LogP contribution in [0.4, 0.5) is 11.4 Å². The fourth-order valence-electron chi connectivity index (χ4n) is 2.65. The molecular weight excluding hydrogens is 224 g/mol. The van der Waals surface area contributed by atoms with Gasteiger partial charge in [0.1, 0.15) is 5.78 Å². The minimum Gasteiger partial charge on any atom is -0.377 e. The van der Waals surface area contributed by atoms with Crippen molar-refractivity contribution < 1.29 is 4.79 Å². The predicted octanol–water partition coefficient (Wildman–Crippen LogP) is 2.62. The average molecular weight is 246 g/mol. The van der Waals surface area contributed by atoms with Gasteiger partial charge in [0.25, 0.3) is 0 Å². The predicted molar refractivity (Wildman–Crippen MR) is 76.6 cm³/mol. The Bertz CT molecular complexity index is 454. The third-order valence-corrected chi connectivity index (χ3v) is 3.69. The Morgan fingerprint density at radius 2 is 2.06 bits per heavy atom. The number of anilines is 2. The Morgan fingerprint density at radius 1 is 1.33 bits per heavy atom. The van der Waals surface area contributed by atoms with Crippen molar-refractivity contribution in [3.8, 4) is 0 Å². The molecule has 0 spiro atoms. The lowest BCUT2D eigenvalue weighted by Gasteiger charge is -2.35. The molecule has 1 aliphatic heterocycles. The molecule has 3 heteroatoms. The highest BCUT2D eigenvalue weighted by molar-refractivity contribution is 5.82. The molecule has 1 unspecified atom stereocenters. The van der Waals surface area contributed by atoms with E-state index in [1.807, 2.05) is 0 Å². The van der Waals surface area contributed by atoms with Gasteiger partial charge in [0.2, 0.25) is 0 Å². The van der Waals surface area contributed by atoms with Gasteiger partial charge in [-0.25, -0.2) is 0 Å². The monoisotopic (exact) mass is 246 g/mol. The topological polar surface area (TPSA) is 23.6 Å². The Kier molecular flexibility index (Phi) is 3.60. The van der Waals surface area contributed by atoms with E-state index in [4.69, 9.17) is 0 Å². The number of hydrogen-bond donors (Lipinski definition) is 0. The van der Waals surface area contributed by atoms with E-state index in [9.17, 15) is 4.79 Å². The first-order valence-corrected chi connectivity index (χ1v) is 6.55. The van der Waals surface area contributed by atoms with Gasteiger partial charge in [0, 0.05) is 50.9 Å². The summed E-state index contributed by atoms with van der Waals surface area (Å²) in [5, 5.41) is 0. The second-order valence-electron chi connectivity index (χ2n) is 5.40. The number of nitrogens with zero attached hydrogens (tertiary/aromatic N) is 2. The first-order chi connectivity index (χ1) is 8.49. The molecule has 0 bridgehead atoms. The zero-order chi connectivity index (χ0) is 13.3. The summed E-state index contributed by atoms with van der Waals surface area (Å²) in [6, 6.07) is 6.85. The molecule has 0 saturated carbocycles. The first kappa shape index (κ1) is 12.9. The van der Waals surface area contributed by atoms with Crippen molar-refractivity contribution in [1.82, 2.24) is 0 Å². The third-order valence-electron chi connectivity index (χ3n) is 3.69. The van der Waals surface area contributed by atoms with Crippen molar-refractivity contribution in [2.45, 2.75) is 32.7 Å². The highest BCUT2D eigenvalue weighted by atomic mass is 16.1. The maximum absolute atomic E-state index is 11.4. The summed E-state index contributed by atoms with van der Waals surface area (Å²) in [5.74, 6) is 0.388. The molecule has 0 radical (unpaired) electrons. The van der Waals surface area contributed by atoms with Crippen LogP contribution in [0, 0.1) is 6.92 Å². The maximum atomic E-state index is 11.4. The van der Waals surface area contributed by atoms with Crippen LogP contribution >= 0.6 is 0 Å². The van der Waals surface area contributed by atoms with Crippen molar-refractivity contribution in [3.63, 3.8) is 0 Å². The van der Waals surface area contributed by atoms with Crippen LogP contribution < -0.4 is 9.80 Å². The number of ketones is 1. The zero-order valence-electron chi connectivity index (χ0n) is 11.7. The first-order valence-electron chi connectivity index (χ1n) is 6.55. The van der Waals surface area contributed by atoms with Crippen LogP contribution in [-0.2, 0) is 4.79 Å². The van der Waals surface area contributed by atoms with E-state index in [0.29, 0.717) is 24.7 Å². The Morgan fingerprint density at radius 3 is 2.67 bits per heavy atom. The lowest BCUT2D eigenvalue weighted by molar-refractivity contribution is -0.120. The molecular formula is C15H22N2O. The Balaban J connectivity index is 2.28. The van der Waals surface area contributed by atoms with Gasteiger partial charge in [-0.05, 0) is 31.5 Å². The van der Waals surface area contributed by atoms with Crippen LogP contribution in [0.3, 0.4) is 0 Å². The van der Waals surface area contributed by atoms with Crippen molar-refractivity contribution in [2.24, 2.45) is 0 Å². The van der Waals surface area contributed by atoms with Crippen LogP contribution in [0.25, 0.3) is 0 Å². The van der Waals surface area contributed by atoms with Crippen LogP contribution in [0.1, 0.15) is 25.3 Å². The number of carbonyl (C=O) groups excluding carboxylic acids is 1. The van der Waals surface area contributed by atoms with Crippen LogP contribution in [-0.4, -0.2) is 32.5 Å². The summed E-state index contributed by atoms with van der Waals surface area (Å²) in [4.78, 5) is 15.9. The van der Waals surface area contributed by atoms with Gasteiger partial charge in [-0.15, -0.1) is 0 Å². The minimum atomic E-state index is 0.309. The molecule has 1 aromatic rings. The summed E-state index contributed by atoms with van der Waals surface area (Å²) in [7, 11) is 4.13. The van der Waals surface area contributed by atoms with E-state index < -0.39 is 0 Å². The number of carbonyl (C=O) groups is 1. The van der Waals surface area contributed by atoms with Gasteiger partial charge < -0.3 is 9.80 Å². The number of rotatable bonds is 2. The zero-order valence-corrected chi connectivity index (χ0v) is 11.7. The van der Waals surface area contributed by atoms with Crippen LogP contribution in [0.15, 0.2) is 18.2 Å². The number of benzene rings is 1. The van der Waals surface area contributed by atoms with Gasteiger partial charge in [0.05, 0.1) is 0 Å². The molecule has 1 saturated heterocycles. The van der Waals surface area contributed by atoms with Crippen LogP contribution in [0.2, 0.25) is 0 Å². The number of Topliss-reactive ketones (excluding diaryl/α,β-unsaturated/α-hetero) is 1. The number of piperidine rings is 1. The molecule has 18 heavy (non-hydrogen) atoms. The van der Waals surface area contributed by atoms with Crippen molar-refractivity contribution in [2.75, 3.05) is 30.4 Å². The fraction of sp³-hybridized carbons (Fsp3) is 0.533. The molecule has 1 heterocycles. The van der Waals surface area contributed by atoms with Gasteiger partial charge in [-0.2, -0.15) is 0 Å². The van der Waals surface area contributed by atoms with E-state index in [1.54, 1.807) is 0 Å². The molecule has 1 atom stereocenters. The second-order valence-corrected chi connectivity index (χ2v) is 5.40. The molecule has 2 rings (SSSR count). The molecule has 1 fully saturated rings. The maximum Gasteiger partial charge on any atom is 0.136 e. The molecule has 0 N–H and O–H groups in total. The molecule has 98 valence electrons. The summed E-state index contributed by atoms with van der Waals surface area (Å²) in [6.07, 6.45) is 1.35. The van der Waals surface area contributed by atoms with Crippen molar-refractivity contribution in [1.29, 1.82) is 0 Å². The molecule has 1 aliphatic rings. The highest BCUT2D eigenvalue weighted by Crippen LogP contribution is 2.28. The van der Waals surface area contributed by atoms with Crippen molar-refractivity contribution in [3.05, 3.63) is 23.8 Å². The van der Waals surface area contributed by atoms with E-state index in [1.165, 1.54) is 16.9 Å². The largest absolute Gasteiger partial charge is 0.377 e. The minimum absolute atomic E-state index is 0.309. The SMILES string of the molecule is Cc1ccc(N2CCC(=O)CC2C)cc1N(C)C. The second kappa shape index (κ2) is 5.01. The van der Waals surface area contributed by atoms with Gasteiger partial charge in [-0.1, -0.05) is 6.07 Å². The fourth-order valence-corrected chi connectivity index (χ4v) is 2.65. The smallest absolute Gasteiger partial charge is 0.136 e. The Hall–Kier alpha value is -1.51. The van der Waals surface area contributed by atoms with Gasteiger partial charge in [0.15, 0.2) is 0 Å². The van der Waals surface area contributed by atoms with E-state index >= 15 is 0 Å². The lowest BCUT2D eigenvalue weighted by atomic mass is 10.0. The molecule has 0 aliphatic carbocycles. The Labute approximate surface area is 109 Å². The van der Waals surface area contributed by atoms with Crippen LogP contribution in [0.5, 0.6) is 0 Å². The molecule has 1 aromatic carbocycles.